The average molecular weight is 913 g/mol. The Morgan fingerprint density at radius 3 is 1.35 bits per heavy atom. The normalized spacial score (nSPS) is 12.5. The van der Waals surface area contributed by atoms with Crippen molar-refractivity contribution in [3.63, 3.8) is 0 Å². The summed E-state index contributed by atoms with van der Waals surface area (Å²) >= 11 is 0. The first-order valence-electron chi connectivity index (χ1n) is 24.4. The third-order valence-electron chi connectivity index (χ3n) is 10.5. The molecule has 0 radical (unpaired) electrons. The molecule has 0 saturated carbocycles. The van der Waals surface area contributed by atoms with Gasteiger partial charge in [0.25, 0.3) is 7.82 Å². The van der Waals surface area contributed by atoms with Crippen molar-refractivity contribution in [3.8, 4) is 0 Å². The van der Waals surface area contributed by atoms with E-state index in [-0.39, 0.29) is 51.5 Å². The molecule has 2 atom stereocenters. The molecule has 0 rings (SSSR count). The molecule has 1 amide bonds. The van der Waals surface area contributed by atoms with E-state index in [0.717, 1.165) is 38.5 Å². The van der Waals surface area contributed by atoms with Crippen molar-refractivity contribution in [2.75, 3.05) is 52.7 Å². The second-order valence-electron chi connectivity index (χ2n) is 16.2. The van der Waals surface area contributed by atoms with Gasteiger partial charge < -0.3 is 56.2 Å². The van der Waals surface area contributed by atoms with Crippen molar-refractivity contribution in [2.45, 2.75) is 225 Å². The van der Waals surface area contributed by atoms with Gasteiger partial charge in [0.1, 0.15) is 13.2 Å². The van der Waals surface area contributed by atoms with Gasteiger partial charge in [0.05, 0.1) is 26.4 Å². The first-order chi connectivity index (χ1) is 29.2. The Morgan fingerprint density at radius 1 is 0.532 bits per heavy atom. The first kappa shape index (κ1) is 64.4. The quantitative estimate of drug-likeness (QED) is 0.0192. The summed E-state index contributed by atoms with van der Waals surface area (Å²) < 4.78 is 43.2. The van der Waals surface area contributed by atoms with Gasteiger partial charge in [0, 0.05) is 25.9 Å². The lowest BCUT2D eigenvalue weighted by molar-refractivity contribution is -0.228. The molecule has 372 valence electrons. The SMILES string of the molecule is CCCCCCCCCCCCCCCCCC(=O)OC[C@H](COP(=O)([O-])OCCNC(=O)OCCOCCN)OC(=O)CCCCCCCCCCCCCCCCC.N.[NH4+]. The van der Waals surface area contributed by atoms with E-state index in [4.69, 9.17) is 33.7 Å². The van der Waals surface area contributed by atoms with Crippen molar-refractivity contribution >= 4 is 25.9 Å². The standard InChI is InChI=1S/C46H91N2O11P.2H3N/c1-3-5-7-9-11-13-15-17-19-21-23-25-27-29-31-33-44(49)56-41-43(42-58-60(52,53)57-38-36-48-46(51)55-40-39-54-37-35-47)59-45(50)34-32-30-28-26-24-22-20-18-16-14-12-10-8-6-4-2;;/h43H,3-42,47H2,1-2H3,(H,48,51)(H,52,53);2*1H3/t43-;;/m1../s1. The minimum absolute atomic E-state index is 0. The molecule has 10 N–H and O–H groups in total. The summed E-state index contributed by atoms with van der Waals surface area (Å²) in [5, 5.41) is 2.36. The number of nitrogens with two attached hydrogens (primary N) is 1. The van der Waals surface area contributed by atoms with E-state index in [0.29, 0.717) is 26.0 Å². The summed E-state index contributed by atoms with van der Waals surface area (Å²) in [6.07, 6.45) is 35.2. The predicted molar refractivity (Wildman–Crippen MR) is 250 cm³/mol. The second kappa shape index (κ2) is 50.2. The molecule has 0 spiro atoms. The lowest BCUT2D eigenvalue weighted by Crippen LogP contribution is -2.31. The van der Waals surface area contributed by atoms with Crippen LogP contribution in [0.1, 0.15) is 219 Å². The summed E-state index contributed by atoms with van der Waals surface area (Å²) in [7, 11) is -4.84. The Labute approximate surface area is 378 Å². The number of unbranched alkanes of at least 4 members (excludes halogenated alkanes) is 28. The minimum Gasteiger partial charge on any atom is -0.756 e. The molecule has 62 heavy (non-hydrogen) atoms. The van der Waals surface area contributed by atoms with Gasteiger partial charge in [-0.15, -0.1) is 0 Å². The van der Waals surface area contributed by atoms with E-state index >= 15 is 0 Å². The number of carbonyl (C=O) groups is 3. The molecule has 0 aromatic rings. The van der Waals surface area contributed by atoms with E-state index in [1.165, 1.54) is 141 Å². The zero-order chi connectivity index (χ0) is 44.0. The smallest absolute Gasteiger partial charge is 0.407 e. The zero-order valence-electron chi connectivity index (χ0n) is 40.1. The van der Waals surface area contributed by atoms with Crippen LogP contribution < -0.4 is 28.2 Å². The molecule has 0 bridgehead atoms. The van der Waals surface area contributed by atoms with Gasteiger partial charge in [-0.25, -0.2) is 4.79 Å². The molecule has 0 saturated heterocycles. The topological polar surface area (TPSA) is 256 Å². The van der Waals surface area contributed by atoms with Crippen molar-refractivity contribution in [2.24, 2.45) is 5.73 Å². The number of quaternary nitrogens is 1. The number of alkyl carbamates (subject to hydrolysis) is 1. The third-order valence-corrected chi connectivity index (χ3v) is 11.4. The van der Waals surface area contributed by atoms with E-state index < -0.39 is 45.2 Å². The Morgan fingerprint density at radius 2 is 0.935 bits per heavy atom. The number of rotatable bonds is 47. The van der Waals surface area contributed by atoms with Crippen molar-refractivity contribution in [3.05, 3.63) is 0 Å². The van der Waals surface area contributed by atoms with Crippen LogP contribution in [0.25, 0.3) is 0 Å². The number of phosphoric acid groups is 1. The van der Waals surface area contributed by atoms with Crippen LogP contribution in [0.5, 0.6) is 0 Å². The van der Waals surface area contributed by atoms with Gasteiger partial charge in [-0.2, -0.15) is 0 Å². The van der Waals surface area contributed by atoms with Crippen LogP contribution in [0.15, 0.2) is 0 Å². The largest absolute Gasteiger partial charge is 0.756 e. The molecular weight excluding hydrogens is 815 g/mol. The van der Waals surface area contributed by atoms with Crippen LogP contribution in [0.2, 0.25) is 0 Å². The summed E-state index contributed by atoms with van der Waals surface area (Å²) in [5.74, 6) is -0.937. The Kier molecular flexibility index (Phi) is 52.1. The number of esters is 2. The highest BCUT2D eigenvalue weighted by atomic mass is 31.2. The number of hydrogen-bond acceptors (Lipinski definition) is 13. The molecule has 1 unspecified atom stereocenters. The summed E-state index contributed by atoms with van der Waals surface area (Å²) in [4.78, 5) is 49.4. The molecule has 0 aliphatic rings. The van der Waals surface area contributed by atoms with Crippen LogP contribution in [0.4, 0.5) is 4.79 Å². The van der Waals surface area contributed by atoms with Gasteiger partial charge in [0.15, 0.2) is 6.10 Å². The molecule has 16 heteroatoms. The molecule has 0 fully saturated rings. The van der Waals surface area contributed by atoms with Crippen LogP contribution >= 0.6 is 7.82 Å². The summed E-state index contributed by atoms with van der Waals surface area (Å²) in [6, 6.07) is 0. The van der Waals surface area contributed by atoms with Crippen LogP contribution in [-0.2, 0) is 42.1 Å². The fourth-order valence-corrected chi connectivity index (χ4v) is 7.59. The molecular formula is C46H97N4O11P. The summed E-state index contributed by atoms with van der Waals surface area (Å²) in [5.41, 5.74) is 5.33. The third kappa shape index (κ3) is 49.2. The van der Waals surface area contributed by atoms with Gasteiger partial charge in [-0.05, 0) is 12.8 Å². The Hall–Kier alpha value is -1.84. The molecule has 0 aromatic heterocycles. The average Bonchev–Trinajstić information content (AvgIpc) is 3.23. The molecule has 0 aromatic carbocycles. The number of hydrogen-bond donors (Lipinski definition) is 4. The van der Waals surface area contributed by atoms with E-state index in [2.05, 4.69) is 19.2 Å². The number of nitrogens with one attached hydrogen (secondary N) is 1. The monoisotopic (exact) mass is 913 g/mol. The van der Waals surface area contributed by atoms with Gasteiger partial charge >= 0.3 is 18.0 Å². The highest BCUT2D eigenvalue weighted by molar-refractivity contribution is 7.45. The zero-order valence-corrected chi connectivity index (χ0v) is 41.0. The van der Waals surface area contributed by atoms with Crippen molar-refractivity contribution in [1.29, 1.82) is 0 Å². The number of amides is 1. The van der Waals surface area contributed by atoms with Crippen molar-refractivity contribution in [1.82, 2.24) is 17.6 Å². The van der Waals surface area contributed by atoms with Crippen LogP contribution in [0.3, 0.4) is 0 Å². The highest BCUT2D eigenvalue weighted by Gasteiger charge is 2.21. The highest BCUT2D eigenvalue weighted by Crippen LogP contribution is 2.38. The fourth-order valence-electron chi connectivity index (χ4n) is 6.85. The maximum Gasteiger partial charge on any atom is 0.407 e. The van der Waals surface area contributed by atoms with Gasteiger partial charge in [0.2, 0.25) is 0 Å². The summed E-state index contributed by atoms with van der Waals surface area (Å²) in [6.45, 7) is 3.93. The van der Waals surface area contributed by atoms with Gasteiger partial charge in [-0.1, -0.05) is 194 Å². The number of carbonyl (C=O) groups excluding carboxylic acids is 3. The van der Waals surface area contributed by atoms with Crippen LogP contribution in [0, 0.1) is 0 Å². The fraction of sp³-hybridized carbons (Fsp3) is 0.935. The second-order valence-corrected chi connectivity index (χ2v) is 17.6. The van der Waals surface area contributed by atoms with E-state index in [1.807, 2.05) is 0 Å². The maximum absolute atomic E-state index is 12.7. The van der Waals surface area contributed by atoms with Crippen LogP contribution in [-0.4, -0.2) is 76.9 Å². The molecule has 15 nitrogen and oxygen atoms in total. The lowest BCUT2D eigenvalue weighted by Gasteiger charge is -2.25. The molecule has 0 aliphatic heterocycles. The number of ether oxygens (including phenoxy) is 4. The minimum atomic E-state index is -4.84. The Balaban J connectivity index is -0.0000174. The lowest BCUT2D eigenvalue weighted by atomic mass is 10.0. The maximum atomic E-state index is 12.7. The Bertz CT molecular complexity index is 1030. The number of phosphoric ester groups is 1. The van der Waals surface area contributed by atoms with E-state index in [9.17, 15) is 23.8 Å². The van der Waals surface area contributed by atoms with Gasteiger partial charge in [-0.3, -0.25) is 14.2 Å². The predicted octanol–water partition coefficient (Wildman–Crippen LogP) is 11.7. The van der Waals surface area contributed by atoms with Crippen molar-refractivity contribution < 1.29 is 51.8 Å². The molecule has 0 aliphatic carbocycles. The first-order valence-corrected chi connectivity index (χ1v) is 25.8. The molecule has 0 heterocycles. The van der Waals surface area contributed by atoms with E-state index in [1.54, 1.807) is 0 Å².